The summed E-state index contributed by atoms with van der Waals surface area (Å²) in [6.45, 7) is 0. The van der Waals surface area contributed by atoms with Gasteiger partial charge < -0.3 is 4.74 Å². The third kappa shape index (κ3) is 4.41. The van der Waals surface area contributed by atoms with Gasteiger partial charge in [0.25, 0.3) is 0 Å². The van der Waals surface area contributed by atoms with Crippen LogP contribution in [-0.4, -0.2) is 40.4 Å². The number of amides is 2. The lowest BCUT2D eigenvalue weighted by molar-refractivity contribution is -0.131. The second kappa shape index (κ2) is 9.89. The number of anilines is 1. The quantitative estimate of drug-likeness (QED) is 0.399. The van der Waals surface area contributed by atoms with E-state index in [4.69, 9.17) is 39.5 Å². The SMILES string of the molecule is O=C(CCl)Oc1c(-c2ccccc2)c(N(C(=O)CCl)C(=O)CCl)nc2ccccc12. The third-order valence-corrected chi connectivity index (χ3v) is 4.83. The first-order chi connectivity index (χ1) is 14.5. The maximum atomic E-state index is 12.6. The molecule has 0 radical (unpaired) electrons. The summed E-state index contributed by atoms with van der Waals surface area (Å²) < 4.78 is 5.55. The van der Waals surface area contributed by atoms with Crippen molar-refractivity contribution in [3.05, 3.63) is 54.6 Å². The number of nitrogens with zero attached hydrogens (tertiary/aromatic N) is 2. The number of aromatic nitrogens is 1. The number of carbonyl (C=O) groups is 3. The molecule has 1 heterocycles. The van der Waals surface area contributed by atoms with Gasteiger partial charge in [0.1, 0.15) is 17.6 Å². The summed E-state index contributed by atoms with van der Waals surface area (Å²) in [6, 6.07) is 15.7. The van der Waals surface area contributed by atoms with Crippen LogP contribution in [0.3, 0.4) is 0 Å². The van der Waals surface area contributed by atoms with E-state index in [-0.39, 0.29) is 23.0 Å². The van der Waals surface area contributed by atoms with Crippen LogP contribution in [0.1, 0.15) is 0 Å². The lowest BCUT2D eigenvalue weighted by Gasteiger charge is -2.24. The monoisotopic (exact) mass is 464 g/mol. The van der Waals surface area contributed by atoms with E-state index in [9.17, 15) is 14.4 Å². The molecule has 0 spiro atoms. The number of hydrogen-bond acceptors (Lipinski definition) is 5. The van der Waals surface area contributed by atoms with Gasteiger partial charge >= 0.3 is 5.97 Å². The fraction of sp³-hybridized carbons (Fsp3) is 0.143. The molecule has 0 unspecified atom stereocenters. The predicted octanol–water partition coefficient (Wildman–Crippen LogP) is 4.38. The molecule has 9 heteroatoms. The van der Waals surface area contributed by atoms with Crippen LogP contribution >= 0.6 is 34.8 Å². The summed E-state index contributed by atoms with van der Waals surface area (Å²) in [6.07, 6.45) is 0. The summed E-state index contributed by atoms with van der Waals surface area (Å²) in [7, 11) is 0. The number of rotatable bonds is 6. The first kappa shape index (κ1) is 22.0. The number of pyridine rings is 1. The first-order valence-electron chi connectivity index (χ1n) is 8.74. The van der Waals surface area contributed by atoms with Crippen LogP contribution in [0, 0.1) is 0 Å². The molecular weight excluding hydrogens is 451 g/mol. The van der Waals surface area contributed by atoms with Crippen molar-refractivity contribution in [3.8, 4) is 16.9 Å². The molecule has 0 fully saturated rings. The van der Waals surface area contributed by atoms with Crippen LogP contribution in [0.4, 0.5) is 5.82 Å². The van der Waals surface area contributed by atoms with Gasteiger partial charge in [-0.2, -0.15) is 0 Å². The van der Waals surface area contributed by atoms with Gasteiger partial charge in [0, 0.05) is 5.39 Å². The normalized spacial score (nSPS) is 10.6. The number of halogens is 3. The number of benzene rings is 2. The van der Waals surface area contributed by atoms with Crippen molar-refractivity contribution < 1.29 is 19.1 Å². The molecule has 154 valence electrons. The molecule has 3 aromatic rings. The molecule has 1 aromatic heterocycles. The Balaban J connectivity index is 2.44. The zero-order valence-corrected chi connectivity index (χ0v) is 17.7. The van der Waals surface area contributed by atoms with Gasteiger partial charge in [-0.3, -0.25) is 14.4 Å². The van der Waals surface area contributed by atoms with Crippen molar-refractivity contribution in [1.82, 2.24) is 4.98 Å². The van der Waals surface area contributed by atoms with E-state index >= 15 is 0 Å². The minimum atomic E-state index is -0.711. The predicted molar refractivity (Wildman–Crippen MR) is 117 cm³/mol. The van der Waals surface area contributed by atoms with Crippen molar-refractivity contribution in [2.24, 2.45) is 0 Å². The average Bonchev–Trinajstić information content (AvgIpc) is 2.79. The van der Waals surface area contributed by atoms with Crippen LogP contribution in [0.5, 0.6) is 5.75 Å². The van der Waals surface area contributed by atoms with Crippen LogP contribution in [-0.2, 0) is 14.4 Å². The highest BCUT2D eigenvalue weighted by atomic mass is 35.5. The Hall–Kier alpha value is -2.67. The molecule has 0 aliphatic carbocycles. The van der Waals surface area contributed by atoms with Gasteiger partial charge in [0.2, 0.25) is 11.8 Å². The van der Waals surface area contributed by atoms with Crippen molar-refractivity contribution in [1.29, 1.82) is 0 Å². The maximum Gasteiger partial charge on any atom is 0.326 e. The Morgan fingerprint density at radius 3 is 2.03 bits per heavy atom. The number of imide groups is 1. The summed E-state index contributed by atoms with van der Waals surface area (Å²) in [4.78, 5) is 42.6. The number of carbonyl (C=O) groups excluding carboxylic acids is 3. The van der Waals surface area contributed by atoms with Gasteiger partial charge in [-0.15, -0.1) is 34.8 Å². The Kier molecular flexibility index (Phi) is 7.26. The standard InChI is InChI=1S/C21H15Cl3N2O4/c22-10-16(27)26(17(28)11-23)21-19(13-6-2-1-3-7-13)20(30-18(29)12-24)14-8-4-5-9-15(14)25-21/h1-9H,10-12H2. The molecule has 0 bridgehead atoms. The second-order valence-electron chi connectivity index (χ2n) is 6.02. The highest BCUT2D eigenvalue weighted by molar-refractivity contribution is 6.37. The lowest BCUT2D eigenvalue weighted by atomic mass is 10.0. The van der Waals surface area contributed by atoms with Crippen LogP contribution in [0.25, 0.3) is 22.0 Å². The number of para-hydroxylation sites is 1. The van der Waals surface area contributed by atoms with Crippen molar-refractivity contribution >= 4 is 69.3 Å². The molecule has 0 saturated heterocycles. The molecule has 0 aliphatic heterocycles. The molecule has 0 atom stereocenters. The molecule has 3 rings (SSSR count). The van der Waals surface area contributed by atoms with Gasteiger partial charge in [-0.05, 0) is 17.7 Å². The van der Waals surface area contributed by atoms with E-state index < -0.39 is 29.5 Å². The summed E-state index contributed by atoms with van der Waals surface area (Å²) >= 11 is 17.1. The van der Waals surface area contributed by atoms with Gasteiger partial charge in [0.15, 0.2) is 11.6 Å². The van der Waals surface area contributed by atoms with Crippen LogP contribution in [0.15, 0.2) is 54.6 Å². The Morgan fingerprint density at radius 1 is 0.833 bits per heavy atom. The molecule has 30 heavy (non-hydrogen) atoms. The largest absolute Gasteiger partial charge is 0.424 e. The fourth-order valence-electron chi connectivity index (χ4n) is 2.94. The molecule has 0 N–H and O–H groups in total. The summed E-state index contributed by atoms with van der Waals surface area (Å²) in [5.74, 6) is -3.35. The summed E-state index contributed by atoms with van der Waals surface area (Å²) in [5.41, 5.74) is 1.24. The second-order valence-corrected chi connectivity index (χ2v) is 6.82. The zero-order chi connectivity index (χ0) is 21.7. The number of alkyl halides is 3. The third-order valence-electron chi connectivity index (χ3n) is 4.15. The molecule has 2 aromatic carbocycles. The lowest BCUT2D eigenvalue weighted by Crippen LogP contribution is -2.39. The zero-order valence-electron chi connectivity index (χ0n) is 15.5. The van der Waals surface area contributed by atoms with Crippen LogP contribution in [0.2, 0.25) is 0 Å². The Bertz CT molecular complexity index is 1090. The van der Waals surface area contributed by atoms with Crippen molar-refractivity contribution in [2.75, 3.05) is 22.5 Å². The van der Waals surface area contributed by atoms with E-state index in [1.165, 1.54) is 0 Å². The molecule has 0 saturated carbocycles. The van der Waals surface area contributed by atoms with Gasteiger partial charge in [-0.1, -0.05) is 42.5 Å². The highest BCUT2D eigenvalue weighted by Crippen LogP contribution is 2.42. The van der Waals surface area contributed by atoms with E-state index in [0.29, 0.717) is 16.5 Å². The van der Waals surface area contributed by atoms with E-state index in [0.717, 1.165) is 4.90 Å². The average molecular weight is 466 g/mol. The van der Waals surface area contributed by atoms with E-state index in [1.54, 1.807) is 54.6 Å². The van der Waals surface area contributed by atoms with Crippen LogP contribution < -0.4 is 9.64 Å². The molecule has 0 aliphatic rings. The summed E-state index contributed by atoms with van der Waals surface area (Å²) in [5, 5.41) is 0.509. The molecule has 6 nitrogen and oxygen atoms in total. The number of ether oxygens (including phenoxy) is 1. The fourth-order valence-corrected chi connectivity index (χ4v) is 3.23. The smallest absolute Gasteiger partial charge is 0.326 e. The van der Waals surface area contributed by atoms with Gasteiger partial charge in [-0.25, -0.2) is 9.88 Å². The maximum absolute atomic E-state index is 12.6. The minimum Gasteiger partial charge on any atom is -0.424 e. The van der Waals surface area contributed by atoms with Crippen molar-refractivity contribution in [3.63, 3.8) is 0 Å². The Labute approximate surface area is 187 Å². The number of esters is 1. The van der Waals surface area contributed by atoms with E-state index in [1.807, 2.05) is 0 Å². The topological polar surface area (TPSA) is 76.6 Å². The first-order valence-corrected chi connectivity index (χ1v) is 10.3. The van der Waals surface area contributed by atoms with E-state index in [2.05, 4.69) is 4.98 Å². The van der Waals surface area contributed by atoms with Crippen molar-refractivity contribution in [2.45, 2.75) is 0 Å². The molecule has 2 amide bonds. The minimum absolute atomic E-state index is 0.0337. The van der Waals surface area contributed by atoms with Gasteiger partial charge in [0.05, 0.1) is 11.1 Å². The Morgan fingerprint density at radius 2 is 1.43 bits per heavy atom. The number of fused-ring (bicyclic) bond motifs is 1. The highest BCUT2D eigenvalue weighted by Gasteiger charge is 2.30. The number of hydrogen-bond donors (Lipinski definition) is 0. The molecular formula is C21H15Cl3N2O4.